The minimum absolute atomic E-state index is 0.0258. The lowest BCUT2D eigenvalue weighted by atomic mass is 10.0. The summed E-state index contributed by atoms with van der Waals surface area (Å²) in [5.41, 5.74) is 9.81. The average Bonchev–Trinajstić information content (AvgIpc) is 2.34. The summed E-state index contributed by atoms with van der Waals surface area (Å²) in [5, 5.41) is 43.5. The minimum atomic E-state index is -1.79. The van der Waals surface area contributed by atoms with Gasteiger partial charge >= 0.3 is 0 Å². The summed E-state index contributed by atoms with van der Waals surface area (Å²) < 4.78 is 0. The standard InChI is InChI=1S/C6H12O6.C2H8N2/c7-1-3(9)5(11)6(12)4(10)2-8;3-1-2-4/h1,3-6,8-12H,2H2;1-4H2/t3-,4+,5+,6+;/m0./s1. The highest BCUT2D eigenvalue weighted by Crippen LogP contribution is 2.02. The maximum absolute atomic E-state index is 9.90. The van der Waals surface area contributed by atoms with Gasteiger partial charge in [-0.25, -0.2) is 0 Å². The molecule has 8 nitrogen and oxygen atoms in total. The van der Waals surface area contributed by atoms with Crippen molar-refractivity contribution in [2.24, 2.45) is 11.5 Å². The third-order valence-corrected chi connectivity index (χ3v) is 1.59. The van der Waals surface area contributed by atoms with Gasteiger partial charge in [-0.2, -0.15) is 0 Å². The van der Waals surface area contributed by atoms with Gasteiger partial charge in [0, 0.05) is 13.1 Å². The monoisotopic (exact) mass is 240 g/mol. The second-order valence-corrected chi connectivity index (χ2v) is 2.94. The van der Waals surface area contributed by atoms with Gasteiger partial charge in [-0.3, -0.25) is 0 Å². The molecule has 4 atom stereocenters. The van der Waals surface area contributed by atoms with E-state index in [1.807, 2.05) is 0 Å². The van der Waals surface area contributed by atoms with E-state index in [0.29, 0.717) is 13.1 Å². The first kappa shape index (κ1) is 17.8. The number of aliphatic hydroxyl groups is 5. The highest BCUT2D eigenvalue weighted by molar-refractivity contribution is 5.56. The van der Waals surface area contributed by atoms with Crippen LogP contribution < -0.4 is 11.5 Å². The topological polar surface area (TPSA) is 170 Å². The van der Waals surface area contributed by atoms with Crippen LogP contribution in [0.1, 0.15) is 0 Å². The van der Waals surface area contributed by atoms with Crippen molar-refractivity contribution in [3.63, 3.8) is 0 Å². The quantitative estimate of drug-likeness (QED) is 0.228. The molecule has 0 heterocycles. The normalized spacial score (nSPS) is 17.7. The van der Waals surface area contributed by atoms with E-state index in [9.17, 15) is 4.79 Å². The predicted octanol–water partition coefficient (Wildman–Crippen LogP) is -4.47. The van der Waals surface area contributed by atoms with Gasteiger partial charge in [0.2, 0.25) is 0 Å². The van der Waals surface area contributed by atoms with Gasteiger partial charge in [0.15, 0.2) is 6.29 Å². The SMILES string of the molecule is NCCN.O=C[C@H](O)[C@@H](O)[C@H](O)[C@H](O)CO. The molecular weight excluding hydrogens is 220 g/mol. The Labute approximate surface area is 93.1 Å². The van der Waals surface area contributed by atoms with E-state index in [2.05, 4.69) is 0 Å². The fourth-order valence-electron chi connectivity index (χ4n) is 0.618. The second kappa shape index (κ2) is 10.9. The molecule has 0 fully saturated rings. The number of aliphatic hydroxyl groups excluding tert-OH is 5. The molecule has 0 unspecified atom stereocenters. The van der Waals surface area contributed by atoms with Crippen molar-refractivity contribution >= 4 is 6.29 Å². The van der Waals surface area contributed by atoms with Crippen LogP contribution in [-0.2, 0) is 4.79 Å². The molecule has 0 saturated carbocycles. The number of aldehydes is 1. The molecule has 0 rings (SSSR count). The van der Waals surface area contributed by atoms with E-state index in [4.69, 9.17) is 37.0 Å². The Bertz CT molecular complexity index is 169. The van der Waals surface area contributed by atoms with Crippen molar-refractivity contribution in [1.29, 1.82) is 0 Å². The van der Waals surface area contributed by atoms with Crippen LogP contribution in [0.4, 0.5) is 0 Å². The van der Waals surface area contributed by atoms with Crippen molar-refractivity contribution in [1.82, 2.24) is 0 Å². The van der Waals surface area contributed by atoms with E-state index in [1.165, 1.54) is 0 Å². The lowest BCUT2D eigenvalue weighted by Gasteiger charge is -2.22. The molecule has 0 aliphatic carbocycles. The molecule has 0 spiro atoms. The summed E-state index contributed by atoms with van der Waals surface area (Å²) in [6, 6.07) is 0. The highest BCUT2D eigenvalue weighted by atomic mass is 16.4. The third kappa shape index (κ3) is 7.65. The Morgan fingerprint density at radius 1 is 1.00 bits per heavy atom. The van der Waals surface area contributed by atoms with E-state index in [0.717, 1.165) is 0 Å². The first-order chi connectivity index (χ1) is 7.45. The molecule has 0 amide bonds. The number of carbonyl (C=O) groups is 1. The molecule has 8 heteroatoms. The zero-order chi connectivity index (χ0) is 13.1. The van der Waals surface area contributed by atoms with Crippen LogP contribution in [-0.4, -0.2) is 75.9 Å². The fraction of sp³-hybridized carbons (Fsp3) is 0.875. The summed E-state index contributed by atoms with van der Waals surface area (Å²) >= 11 is 0. The smallest absolute Gasteiger partial charge is 0.151 e. The Hall–Kier alpha value is -0.610. The second-order valence-electron chi connectivity index (χ2n) is 2.94. The summed E-state index contributed by atoms with van der Waals surface area (Å²) in [5.74, 6) is 0. The van der Waals surface area contributed by atoms with Crippen molar-refractivity contribution in [3.8, 4) is 0 Å². The third-order valence-electron chi connectivity index (χ3n) is 1.59. The summed E-state index contributed by atoms with van der Waals surface area (Å²) in [6.45, 7) is 0.434. The van der Waals surface area contributed by atoms with Crippen molar-refractivity contribution in [2.45, 2.75) is 24.4 Å². The van der Waals surface area contributed by atoms with Crippen LogP contribution in [0.15, 0.2) is 0 Å². The van der Waals surface area contributed by atoms with Gasteiger partial charge in [-0.05, 0) is 0 Å². The van der Waals surface area contributed by atoms with Crippen molar-refractivity contribution in [2.75, 3.05) is 19.7 Å². The molecule has 0 aromatic rings. The molecule has 0 aliphatic heterocycles. The van der Waals surface area contributed by atoms with Crippen LogP contribution in [0, 0.1) is 0 Å². The van der Waals surface area contributed by atoms with E-state index in [1.54, 1.807) is 0 Å². The molecule has 98 valence electrons. The lowest BCUT2D eigenvalue weighted by molar-refractivity contribution is -0.136. The maximum atomic E-state index is 9.90. The Morgan fingerprint density at radius 3 is 1.69 bits per heavy atom. The molecule has 0 aromatic heterocycles. The van der Waals surface area contributed by atoms with Gasteiger partial charge in [-0.1, -0.05) is 0 Å². The molecule has 0 saturated heterocycles. The van der Waals surface area contributed by atoms with Crippen LogP contribution >= 0.6 is 0 Å². The van der Waals surface area contributed by atoms with Crippen molar-refractivity contribution < 1.29 is 30.3 Å². The zero-order valence-corrected chi connectivity index (χ0v) is 8.81. The average molecular weight is 240 g/mol. The summed E-state index contributed by atoms with van der Waals surface area (Å²) in [4.78, 5) is 9.90. The van der Waals surface area contributed by atoms with Crippen LogP contribution in [0.25, 0.3) is 0 Å². The Morgan fingerprint density at radius 2 is 1.44 bits per heavy atom. The predicted molar refractivity (Wildman–Crippen MR) is 55.3 cm³/mol. The molecule has 0 aromatic carbocycles. The number of rotatable bonds is 6. The first-order valence-electron chi connectivity index (χ1n) is 4.64. The lowest BCUT2D eigenvalue weighted by Crippen LogP contribution is -2.46. The molecule has 0 aliphatic rings. The number of carbonyl (C=O) groups excluding carboxylic acids is 1. The molecule has 16 heavy (non-hydrogen) atoms. The first-order valence-corrected chi connectivity index (χ1v) is 4.64. The number of hydrogen-bond donors (Lipinski definition) is 7. The van der Waals surface area contributed by atoms with E-state index < -0.39 is 31.0 Å². The van der Waals surface area contributed by atoms with Gasteiger partial charge < -0.3 is 41.8 Å². The molecule has 0 radical (unpaired) electrons. The van der Waals surface area contributed by atoms with Crippen molar-refractivity contribution in [3.05, 3.63) is 0 Å². The Kier molecular flexibility index (Phi) is 12.1. The molecular formula is C8H20N2O6. The number of nitrogens with two attached hydrogens (primary N) is 2. The zero-order valence-electron chi connectivity index (χ0n) is 8.81. The Balaban J connectivity index is 0. The molecule has 0 bridgehead atoms. The fourth-order valence-corrected chi connectivity index (χ4v) is 0.618. The summed E-state index contributed by atoms with van der Waals surface area (Å²) in [7, 11) is 0. The van der Waals surface area contributed by atoms with Crippen LogP contribution in [0.2, 0.25) is 0 Å². The maximum Gasteiger partial charge on any atom is 0.151 e. The van der Waals surface area contributed by atoms with Gasteiger partial charge in [-0.15, -0.1) is 0 Å². The minimum Gasteiger partial charge on any atom is -0.394 e. The molecule has 9 N–H and O–H groups in total. The highest BCUT2D eigenvalue weighted by Gasteiger charge is 2.29. The van der Waals surface area contributed by atoms with E-state index in [-0.39, 0.29) is 6.29 Å². The largest absolute Gasteiger partial charge is 0.394 e. The van der Waals surface area contributed by atoms with Gasteiger partial charge in [0.25, 0.3) is 0 Å². The van der Waals surface area contributed by atoms with Crippen LogP contribution in [0.3, 0.4) is 0 Å². The summed E-state index contributed by atoms with van der Waals surface area (Å²) in [6.07, 6.45) is -6.84. The van der Waals surface area contributed by atoms with Gasteiger partial charge in [0.05, 0.1) is 6.61 Å². The van der Waals surface area contributed by atoms with Gasteiger partial charge in [0.1, 0.15) is 24.4 Å². The van der Waals surface area contributed by atoms with Crippen LogP contribution in [0.5, 0.6) is 0 Å². The number of hydrogen-bond acceptors (Lipinski definition) is 8. The van der Waals surface area contributed by atoms with E-state index >= 15 is 0 Å².